The third kappa shape index (κ3) is 8.38. The maximum absolute atomic E-state index is 13.2. The van der Waals surface area contributed by atoms with Crippen molar-refractivity contribution in [3.05, 3.63) is 65.5 Å². The van der Waals surface area contributed by atoms with Gasteiger partial charge in [0.1, 0.15) is 5.82 Å². The van der Waals surface area contributed by atoms with Crippen molar-refractivity contribution in [3.63, 3.8) is 0 Å². The Morgan fingerprint density at radius 1 is 1.07 bits per heavy atom. The van der Waals surface area contributed by atoms with Gasteiger partial charge in [0.05, 0.1) is 6.54 Å². The zero-order chi connectivity index (χ0) is 18.8. The van der Waals surface area contributed by atoms with E-state index in [-0.39, 0.29) is 42.2 Å². The number of halogens is 2. The van der Waals surface area contributed by atoms with Gasteiger partial charge >= 0.3 is 0 Å². The van der Waals surface area contributed by atoms with Crippen LogP contribution in [0.1, 0.15) is 18.1 Å². The van der Waals surface area contributed by atoms with Crippen molar-refractivity contribution in [2.45, 2.75) is 19.8 Å². The number of guanidine groups is 1. The van der Waals surface area contributed by atoms with E-state index in [0.29, 0.717) is 18.9 Å². The summed E-state index contributed by atoms with van der Waals surface area (Å²) in [5.41, 5.74) is 2.86. The van der Waals surface area contributed by atoms with Crippen molar-refractivity contribution in [2.24, 2.45) is 4.99 Å². The van der Waals surface area contributed by atoms with E-state index in [0.717, 1.165) is 17.7 Å². The summed E-state index contributed by atoms with van der Waals surface area (Å²) in [5.74, 6) is 0.138. The van der Waals surface area contributed by atoms with Crippen LogP contribution in [0.15, 0.2) is 53.5 Å². The number of aliphatic imine (C=N–C) groups is 1. The van der Waals surface area contributed by atoms with Gasteiger partial charge in [0, 0.05) is 19.3 Å². The Labute approximate surface area is 176 Å². The molecule has 0 radical (unpaired) electrons. The van der Waals surface area contributed by atoms with E-state index in [1.807, 2.05) is 30.3 Å². The van der Waals surface area contributed by atoms with Gasteiger partial charge in [-0.2, -0.15) is 0 Å². The summed E-state index contributed by atoms with van der Waals surface area (Å²) in [4.78, 5) is 16.2. The number of rotatable bonds is 7. The zero-order valence-electron chi connectivity index (χ0n) is 15.6. The van der Waals surface area contributed by atoms with E-state index in [9.17, 15) is 9.18 Å². The van der Waals surface area contributed by atoms with Crippen LogP contribution in [0.3, 0.4) is 0 Å². The molecule has 0 aliphatic rings. The van der Waals surface area contributed by atoms with Crippen LogP contribution in [0.5, 0.6) is 0 Å². The summed E-state index contributed by atoms with van der Waals surface area (Å²) in [6.45, 7) is 2.77. The fourth-order valence-corrected chi connectivity index (χ4v) is 2.48. The number of nitrogens with one attached hydrogen (secondary N) is 3. The molecule has 2 rings (SSSR count). The van der Waals surface area contributed by atoms with Crippen molar-refractivity contribution < 1.29 is 9.18 Å². The Morgan fingerprint density at radius 2 is 1.81 bits per heavy atom. The number of carbonyl (C=O) groups excluding carboxylic acids is 1. The van der Waals surface area contributed by atoms with Crippen LogP contribution in [-0.2, 0) is 17.6 Å². The number of anilines is 1. The molecular weight excluding hydrogens is 458 g/mol. The van der Waals surface area contributed by atoms with Crippen molar-refractivity contribution in [3.8, 4) is 0 Å². The largest absolute Gasteiger partial charge is 0.356 e. The van der Waals surface area contributed by atoms with Gasteiger partial charge in [-0.25, -0.2) is 4.39 Å². The molecule has 0 fully saturated rings. The predicted molar refractivity (Wildman–Crippen MR) is 119 cm³/mol. The van der Waals surface area contributed by atoms with Crippen LogP contribution in [0, 0.1) is 5.82 Å². The molecule has 0 spiro atoms. The number of aryl methyl sites for hydroxylation is 1. The summed E-state index contributed by atoms with van der Waals surface area (Å²) < 4.78 is 13.2. The van der Waals surface area contributed by atoms with Crippen molar-refractivity contribution in [1.29, 1.82) is 0 Å². The van der Waals surface area contributed by atoms with Gasteiger partial charge in [-0.1, -0.05) is 31.2 Å². The summed E-state index contributed by atoms with van der Waals surface area (Å²) in [7, 11) is 1.64. The Kier molecular flexibility index (Phi) is 10.4. The third-order valence-electron chi connectivity index (χ3n) is 3.85. The minimum Gasteiger partial charge on any atom is -0.356 e. The molecule has 0 aliphatic carbocycles. The molecule has 3 N–H and O–H groups in total. The molecule has 0 aliphatic heterocycles. The summed E-state index contributed by atoms with van der Waals surface area (Å²) in [5, 5.41) is 8.94. The van der Waals surface area contributed by atoms with Crippen LogP contribution < -0.4 is 16.0 Å². The van der Waals surface area contributed by atoms with Crippen LogP contribution in [0.2, 0.25) is 0 Å². The first kappa shape index (κ1) is 22.9. The summed E-state index contributed by atoms with van der Waals surface area (Å²) in [6, 6.07) is 14.3. The summed E-state index contributed by atoms with van der Waals surface area (Å²) >= 11 is 0. The Balaban J connectivity index is 0.00000364. The quantitative estimate of drug-likeness (QED) is 0.321. The second-order valence-corrected chi connectivity index (χ2v) is 5.83. The number of hydrogen-bond donors (Lipinski definition) is 3. The molecule has 1 amide bonds. The maximum Gasteiger partial charge on any atom is 0.243 e. The molecule has 2 aromatic rings. The molecular formula is C20H26FIN4O. The Bertz CT molecular complexity index is 767. The zero-order valence-corrected chi connectivity index (χ0v) is 17.9. The van der Waals surface area contributed by atoms with Crippen LogP contribution >= 0.6 is 24.0 Å². The Morgan fingerprint density at radius 3 is 2.52 bits per heavy atom. The highest BCUT2D eigenvalue weighted by atomic mass is 127. The molecule has 27 heavy (non-hydrogen) atoms. The molecule has 5 nitrogen and oxygen atoms in total. The highest BCUT2D eigenvalue weighted by Gasteiger charge is 2.05. The van der Waals surface area contributed by atoms with E-state index in [2.05, 4.69) is 27.9 Å². The van der Waals surface area contributed by atoms with Gasteiger partial charge in [-0.05, 0) is 48.2 Å². The fraction of sp³-hybridized carbons (Fsp3) is 0.300. The van der Waals surface area contributed by atoms with E-state index in [1.54, 1.807) is 13.1 Å². The lowest BCUT2D eigenvalue weighted by atomic mass is 10.1. The molecule has 7 heteroatoms. The van der Waals surface area contributed by atoms with E-state index in [1.165, 1.54) is 17.7 Å². The van der Waals surface area contributed by atoms with E-state index < -0.39 is 0 Å². The second-order valence-electron chi connectivity index (χ2n) is 5.83. The van der Waals surface area contributed by atoms with Crippen LogP contribution in [-0.4, -0.2) is 32.0 Å². The average molecular weight is 484 g/mol. The van der Waals surface area contributed by atoms with Crippen molar-refractivity contribution >= 4 is 41.5 Å². The van der Waals surface area contributed by atoms with Gasteiger partial charge in [0.2, 0.25) is 5.91 Å². The highest BCUT2D eigenvalue weighted by Crippen LogP contribution is 2.10. The smallest absolute Gasteiger partial charge is 0.243 e. The molecule has 0 atom stereocenters. The molecule has 0 aromatic heterocycles. The van der Waals surface area contributed by atoms with Gasteiger partial charge < -0.3 is 16.0 Å². The highest BCUT2D eigenvalue weighted by molar-refractivity contribution is 14.0. The first-order valence-electron chi connectivity index (χ1n) is 8.68. The molecule has 146 valence electrons. The molecule has 0 unspecified atom stereocenters. The standard InChI is InChI=1S/C20H25FN4O.HI/c1-3-15-6-5-9-18(13-15)25-19(26)14-24-20(22-2)23-11-10-16-7-4-8-17(21)12-16;/h4-9,12-13H,3,10-11,14H2,1-2H3,(H,25,26)(H2,22,23,24);1H. The SMILES string of the molecule is CCc1cccc(NC(=O)CNC(=NC)NCCc2cccc(F)c2)c1.I. The van der Waals surface area contributed by atoms with E-state index in [4.69, 9.17) is 0 Å². The molecule has 0 saturated carbocycles. The number of hydrogen-bond acceptors (Lipinski definition) is 2. The fourth-order valence-electron chi connectivity index (χ4n) is 2.48. The van der Waals surface area contributed by atoms with Gasteiger partial charge in [-0.3, -0.25) is 9.79 Å². The normalized spacial score (nSPS) is 10.7. The van der Waals surface area contributed by atoms with Gasteiger partial charge in [0.25, 0.3) is 0 Å². The van der Waals surface area contributed by atoms with E-state index >= 15 is 0 Å². The number of amides is 1. The molecule has 0 bridgehead atoms. The topological polar surface area (TPSA) is 65.5 Å². The predicted octanol–water partition coefficient (Wildman–Crippen LogP) is 3.35. The lowest BCUT2D eigenvalue weighted by Crippen LogP contribution is -2.42. The minimum absolute atomic E-state index is 0. The third-order valence-corrected chi connectivity index (χ3v) is 3.85. The van der Waals surface area contributed by atoms with Crippen molar-refractivity contribution in [1.82, 2.24) is 10.6 Å². The minimum atomic E-state index is -0.242. The molecule has 0 saturated heterocycles. The summed E-state index contributed by atoms with van der Waals surface area (Å²) in [6.07, 6.45) is 1.58. The number of nitrogens with zero attached hydrogens (tertiary/aromatic N) is 1. The van der Waals surface area contributed by atoms with Crippen molar-refractivity contribution in [2.75, 3.05) is 25.5 Å². The lowest BCUT2D eigenvalue weighted by Gasteiger charge is -2.12. The molecule has 0 heterocycles. The Hall–Kier alpha value is -2.16. The average Bonchev–Trinajstić information content (AvgIpc) is 2.64. The number of carbonyl (C=O) groups is 1. The lowest BCUT2D eigenvalue weighted by molar-refractivity contribution is -0.115. The number of benzene rings is 2. The van der Waals surface area contributed by atoms with Gasteiger partial charge in [-0.15, -0.1) is 24.0 Å². The maximum atomic E-state index is 13.2. The van der Waals surface area contributed by atoms with Crippen LogP contribution in [0.25, 0.3) is 0 Å². The molecule has 2 aromatic carbocycles. The van der Waals surface area contributed by atoms with Gasteiger partial charge in [0.15, 0.2) is 5.96 Å². The second kappa shape index (κ2) is 12.3. The first-order valence-corrected chi connectivity index (χ1v) is 8.68. The first-order chi connectivity index (χ1) is 12.6. The van der Waals surface area contributed by atoms with Crippen LogP contribution in [0.4, 0.5) is 10.1 Å². The monoisotopic (exact) mass is 484 g/mol.